The molecule has 0 aliphatic carbocycles. The van der Waals surface area contributed by atoms with Crippen LogP contribution < -0.4 is 0 Å². The van der Waals surface area contributed by atoms with E-state index in [9.17, 15) is 8.78 Å². The van der Waals surface area contributed by atoms with Gasteiger partial charge in [-0.1, -0.05) is 35.9 Å². The van der Waals surface area contributed by atoms with E-state index in [1.807, 2.05) is 26.0 Å². The van der Waals surface area contributed by atoms with Crippen molar-refractivity contribution in [2.75, 3.05) is 0 Å². The normalized spacial score (nSPS) is 12.5. The summed E-state index contributed by atoms with van der Waals surface area (Å²) < 4.78 is 27.8. The molecule has 0 fully saturated rings. The Bertz CT molecular complexity index is 685. The first-order valence-electron chi connectivity index (χ1n) is 7.18. The van der Waals surface area contributed by atoms with Gasteiger partial charge in [-0.3, -0.25) is 0 Å². The highest BCUT2D eigenvalue weighted by Crippen LogP contribution is 2.33. The van der Waals surface area contributed by atoms with Crippen molar-refractivity contribution in [1.82, 2.24) is 0 Å². The predicted molar refractivity (Wildman–Crippen MR) is 88.5 cm³/mol. The monoisotopic (exact) mass is 320 g/mol. The second-order valence-electron chi connectivity index (χ2n) is 5.97. The zero-order chi connectivity index (χ0) is 16.3. The van der Waals surface area contributed by atoms with Crippen molar-refractivity contribution in [3.8, 4) is 0 Å². The van der Waals surface area contributed by atoms with Crippen LogP contribution in [0.5, 0.6) is 0 Å². The molecule has 0 aromatic heterocycles. The highest BCUT2D eigenvalue weighted by atomic mass is 35.5. The SMILES string of the molecule is Cc1cc(C/C=C(\F)C(C)(C)c2ccc(Cl)cc2)ccc1F. The number of benzene rings is 2. The van der Waals surface area contributed by atoms with Gasteiger partial charge in [-0.25, -0.2) is 8.78 Å². The van der Waals surface area contributed by atoms with E-state index in [0.717, 1.165) is 11.1 Å². The molecule has 0 atom stereocenters. The first kappa shape index (κ1) is 16.7. The Morgan fingerprint density at radius 3 is 2.36 bits per heavy atom. The predicted octanol–water partition coefficient (Wildman–Crippen LogP) is 6.16. The highest BCUT2D eigenvalue weighted by Gasteiger charge is 2.25. The van der Waals surface area contributed by atoms with Gasteiger partial charge in [-0.2, -0.15) is 0 Å². The van der Waals surface area contributed by atoms with Gasteiger partial charge in [0.05, 0.1) is 0 Å². The first-order chi connectivity index (χ1) is 10.3. The molecule has 22 heavy (non-hydrogen) atoms. The molecule has 2 rings (SSSR count). The van der Waals surface area contributed by atoms with Crippen LogP contribution in [0.15, 0.2) is 54.4 Å². The molecular formula is C19H19ClF2. The topological polar surface area (TPSA) is 0 Å². The number of aryl methyl sites for hydroxylation is 1. The molecule has 2 aromatic rings. The molecule has 0 amide bonds. The Labute approximate surface area is 135 Å². The van der Waals surface area contributed by atoms with Crippen LogP contribution in [-0.2, 0) is 11.8 Å². The third-order valence-electron chi connectivity index (χ3n) is 3.90. The Balaban J connectivity index is 2.19. The molecule has 0 aliphatic rings. The van der Waals surface area contributed by atoms with Crippen molar-refractivity contribution in [1.29, 1.82) is 0 Å². The van der Waals surface area contributed by atoms with Gasteiger partial charge < -0.3 is 0 Å². The fourth-order valence-electron chi connectivity index (χ4n) is 2.30. The quantitative estimate of drug-likeness (QED) is 0.632. The molecule has 0 saturated carbocycles. The second kappa shape index (κ2) is 6.62. The minimum atomic E-state index is -0.723. The summed E-state index contributed by atoms with van der Waals surface area (Å²) in [6, 6.07) is 12.0. The maximum Gasteiger partial charge on any atom is 0.126 e. The van der Waals surface area contributed by atoms with Crippen LogP contribution in [-0.4, -0.2) is 0 Å². The second-order valence-corrected chi connectivity index (χ2v) is 6.41. The van der Waals surface area contributed by atoms with Crippen molar-refractivity contribution >= 4 is 11.6 Å². The highest BCUT2D eigenvalue weighted by molar-refractivity contribution is 6.30. The van der Waals surface area contributed by atoms with Gasteiger partial charge in [-0.15, -0.1) is 0 Å². The summed E-state index contributed by atoms with van der Waals surface area (Å²) in [5.41, 5.74) is 1.60. The average molecular weight is 321 g/mol. The lowest BCUT2D eigenvalue weighted by Crippen LogP contribution is -2.18. The van der Waals surface area contributed by atoms with E-state index in [4.69, 9.17) is 11.6 Å². The third kappa shape index (κ3) is 3.75. The Kier molecular flexibility index (Phi) is 5.02. The molecule has 0 heterocycles. The minimum absolute atomic E-state index is 0.211. The van der Waals surface area contributed by atoms with Crippen LogP contribution >= 0.6 is 11.6 Å². The van der Waals surface area contributed by atoms with Gasteiger partial charge in [0.2, 0.25) is 0 Å². The van der Waals surface area contributed by atoms with E-state index in [2.05, 4.69) is 0 Å². The molecule has 0 bridgehead atoms. The maximum absolute atomic E-state index is 14.6. The Morgan fingerprint density at radius 2 is 1.77 bits per heavy atom. The van der Waals surface area contributed by atoms with Crippen LogP contribution in [0.2, 0.25) is 5.02 Å². The minimum Gasteiger partial charge on any atom is -0.211 e. The van der Waals surface area contributed by atoms with Crippen LogP contribution in [0.1, 0.15) is 30.5 Å². The number of hydrogen-bond donors (Lipinski definition) is 0. The summed E-state index contributed by atoms with van der Waals surface area (Å²) in [7, 11) is 0. The smallest absolute Gasteiger partial charge is 0.126 e. The fraction of sp³-hybridized carbons (Fsp3) is 0.263. The van der Waals surface area contributed by atoms with Crippen molar-refractivity contribution in [3.05, 3.63) is 81.9 Å². The molecule has 0 aliphatic heterocycles. The lowest BCUT2D eigenvalue weighted by molar-refractivity contribution is 0.455. The average Bonchev–Trinajstić information content (AvgIpc) is 2.48. The van der Waals surface area contributed by atoms with E-state index in [1.165, 1.54) is 6.07 Å². The molecule has 2 aromatic carbocycles. The van der Waals surface area contributed by atoms with Crippen LogP contribution in [0.25, 0.3) is 0 Å². The van der Waals surface area contributed by atoms with E-state index < -0.39 is 5.41 Å². The third-order valence-corrected chi connectivity index (χ3v) is 4.15. The first-order valence-corrected chi connectivity index (χ1v) is 7.55. The van der Waals surface area contributed by atoms with Crippen LogP contribution in [0.3, 0.4) is 0 Å². The van der Waals surface area contributed by atoms with E-state index in [1.54, 1.807) is 37.3 Å². The summed E-state index contributed by atoms with van der Waals surface area (Å²) >= 11 is 5.87. The number of hydrogen-bond acceptors (Lipinski definition) is 0. The van der Waals surface area contributed by atoms with Gasteiger partial charge in [0.25, 0.3) is 0 Å². The molecule has 116 valence electrons. The molecule has 0 spiro atoms. The van der Waals surface area contributed by atoms with Crippen molar-refractivity contribution in [2.45, 2.75) is 32.6 Å². The van der Waals surface area contributed by atoms with Crippen molar-refractivity contribution < 1.29 is 8.78 Å². The zero-order valence-corrected chi connectivity index (χ0v) is 13.7. The zero-order valence-electron chi connectivity index (χ0n) is 13.0. The lowest BCUT2D eigenvalue weighted by Gasteiger charge is -2.23. The van der Waals surface area contributed by atoms with E-state index in [0.29, 0.717) is 17.0 Å². The Hall–Kier alpha value is -1.67. The summed E-state index contributed by atoms with van der Waals surface area (Å²) in [5, 5.41) is 0.630. The van der Waals surface area contributed by atoms with Gasteiger partial charge in [0.1, 0.15) is 11.6 Å². The summed E-state index contributed by atoms with van der Waals surface area (Å²) in [5.74, 6) is -0.452. The molecule has 0 N–H and O–H groups in total. The van der Waals surface area contributed by atoms with Gasteiger partial charge >= 0.3 is 0 Å². The fourth-order valence-corrected chi connectivity index (χ4v) is 2.43. The van der Waals surface area contributed by atoms with E-state index in [-0.39, 0.29) is 11.6 Å². The number of rotatable bonds is 4. The largest absolute Gasteiger partial charge is 0.211 e. The maximum atomic E-state index is 14.6. The molecule has 0 radical (unpaired) electrons. The number of halogens is 3. The summed E-state index contributed by atoms with van der Waals surface area (Å²) in [4.78, 5) is 0. The standard InChI is InChI=1S/C19H19ClF2/c1-13-12-14(4-10-17(13)21)5-11-18(22)19(2,3)15-6-8-16(20)9-7-15/h4,6-12H,5H2,1-3H3/b18-11-. The van der Waals surface area contributed by atoms with Crippen molar-refractivity contribution in [2.24, 2.45) is 0 Å². The van der Waals surface area contributed by atoms with Crippen LogP contribution in [0.4, 0.5) is 8.78 Å². The molecular weight excluding hydrogens is 302 g/mol. The van der Waals surface area contributed by atoms with Gasteiger partial charge in [-0.05, 0) is 68.2 Å². The van der Waals surface area contributed by atoms with E-state index >= 15 is 0 Å². The van der Waals surface area contributed by atoms with Gasteiger partial charge in [0, 0.05) is 10.4 Å². The van der Waals surface area contributed by atoms with Crippen LogP contribution in [0, 0.1) is 12.7 Å². The van der Waals surface area contributed by atoms with Gasteiger partial charge in [0.15, 0.2) is 0 Å². The number of allylic oxidation sites excluding steroid dienone is 2. The summed E-state index contributed by atoms with van der Waals surface area (Å²) in [6.45, 7) is 5.37. The van der Waals surface area contributed by atoms with Crippen molar-refractivity contribution in [3.63, 3.8) is 0 Å². The molecule has 0 nitrogen and oxygen atoms in total. The molecule has 0 saturated heterocycles. The lowest BCUT2D eigenvalue weighted by atomic mass is 9.83. The summed E-state index contributed by atoms with van der Waals surface area (Å²) in [6.07, 6.45) is 1.99. The Morgan fingerprint density at radius 1 is 1.14 bits per heavy atom. The molecule has 3 heteroatoms. The molecule has 0 unspecified atom stereocenters.